The van der Waals surface area contributed by atoms with E-state index in [1.54, 1.807) is 24.3 Å². The zero-order chi connectivity index (χ0) is 13.7. The van der Waals surface area contributed by atoms with Gasteiger partial charge in [-0.05, 0) is 41.8 Å². The van der Waals surface area contributed by atoms with Crippen molar-refractivity contribution < 1.29 is 20.3 Å². The fraction of sp³-hybridized carbons (Fsp3) is 0.200. The van der Waals surface area contributed by atoms with Gasteiger partial charge in [0.15, 0.2) is 11.5 Å². The van der Waals surface area contributed by atoms with Gasteiger partial charge < -0.3 is 9.78 Å². The highest BCUT2D eigenvalue weighted by molar-refractivity contribution is 5.37. The molecular formula is C15H16O4. The normalized spacial score (nSPS) is 10.5. The first-order chi connectivity index (χ1) is 9.28. The van der Waals surface area contributed by atoms with E-state index in [1.165, 1.54) is 0 Å². The van der Waals surface area contributed by atoms with Crippen molar-refractivity contribution in [1.29, 1.82) is 0 Å². The van der Waals surface area contributed by atoms with E-state index in [2.05, 4.69) is 16.7 Å². The SMILES string of the molecule is CCC(c1ccc(OO)cc1)c1ccc(OO)cc1. The van der Waals surface area contributed by atoms with E-state index in [0.717, 1.165) is 17.5 Å². The maximum absolute atomic E-state index is 8.56. The zero-order valence-corrected chi connectivity index (χ0v) is 10.6. The van der Waals surface area contributed by atoms with Crippen LogP contribution in [0.5, 0.6) is 11.5 Å². The van der Waals surface area contributed by atoms with Gasteiger partial charge in [0.25, 0.3) is 0 Å². The lowest BCUT2D eigenvalue weighted by atomic mass is 9.89. The van der Waals surface area contributed by atoms with Gasteiger partial charge in [0.05, 0.1) is 0 Å². The quantitative estimate of drug-likeness (QED) is 0.631. The molecule has 0 saturated heterocycles. The molecule has 2 rings (SSSR count). The highest BCUT2D eigenvalue weighted by Gasteiger charge is 2.12. The van der Waals surface area contributed by atoms with E-state index >= 15 is 0 Å². The van der Waals surface area contributed by atoms with Crippen molar-refractivity contribution in [2.75, 3.05) is 0 Å². The Balaban J connectivity index is 2.26. The molecule has 2 aromatic carbocycles. The summed E-state index contributed by atoms with van der Waals surface area (Å²) in [7, 11) is 0. The van der Waals surface area contributed by atoms with Gasteiger partial charge in [-0.25, -0.2) is 10.5 Å². The van der Waals surface area contributed by atoms with Crippen LogP contribution in [0.15, 0.2) is 48.5 Å². The molecule has 19 heavy (non-hydrogen) atoms. The monoisotopic (exact) mass is 260 g/mol. The van der Waals surface area contributed by atoms with Crippen LogP contribution in [-0.4, -0.2) is 10.5 Å². The summed E-state index contributed by atoms with van der Waals surface area (Å²) in [6.07, 6.45) is 0.943. The van der Waals surface area contributed by atoms with Gasteiger partial charge in [0.1, 0.15) is 0 Å². The van der Waals surface area contributed by atoms with Gasteiger partial charge in [0.2, 0.25) is 0 Å². The minimum Gasteiger partial charge on any atom is -0.340 e. The summed E-state index contributed by atoms with van der Waals surface area (Å²) in [4.78, 5) is 8.35. The molecule has 0 bridgehead atoms. The Bertz CT molecular complexity index is 457. The first-order valence-corrected chi connectivity index (χ1v) is 6.11. The number of benzene rings is 2. The molecule has 0 amide bonds. The van der Waals surface area contributed by atoms with E-state index in [-0.39, 0.29) is 5.92 Å². The minimum absolute atomic E-state index is 0.250. The average Bonchev–Trinajstić information content (AvgIpc) is 2.49. The van der Waals surface area contributed by atoms with Crippen LogP contribution in [-0.2, 0) is 0 Å². The molecule has 100 valence electrons. The van der Waals surface area contributed by atoms with Crippen LogP contribution in [0.1, 0.15) is 30.4 Å². The lowest BCUT2D eigenvalue weighted by molar-refractivity contribution is -0.137. The standard InChI is InChI=1S/C15H16O4/c1-2-15(11-3-7-13(18-16)8-4-11)12-5-9-14(19-17)10-6-12/h3-10,15-17H,2H2,1H3. The summed E-state index contributed by atoms with van der Waals surface area (Å²) in [5.41, 5.74) is 2.28. The van der Waals surface area contributed by atoms with Gasteiger partial charge in [0, 0.05) is 5.92 Å². The third kappa shape index (κ3) is 3.05. The topological polar surface area (TPSA) is 58.9 Å². The lowest BCUT2D eigenvalue weighted by Gasteiger charge is -2.16. The number of rotatable bonds is 5. The molecule has 0 spiro atoms. The summed E-state index contributed by atoms with van der Waals surface area (Å²) in [6, 6.07) is 14.6. The third-order valence-corrected chi connectivity index (χ3v) is 3.18. The average molecular weight is 260 g/mol. The second kappa shape index (κ2) is 6.22. The zero-order valence-electron chi connectivity index (χ0n) is 10.6. The largest absolute Gasteiger partial charge is 0.340 e. The van der Waals surface area contributed by atoms with Crippen molar-refractivity contribution in [3.63, 3.8) is 0 Å². The molecule has 0 aliphatic rings. The maximum atomic E-state index is 8.56. The summed E-state index contributed by atoms with van der Waals surface area (Å²) >= 11 is 0. The number of hydrogen-bond donors (Lipinski definition) is 2. The molecule has 0 unspecified atom stereocenters. The molecule has 0 aliphatic carbocycles. The lowest BCUT2D eigenvalue weighted by Crippen LogP contribution is -2.00. The van der Waals surface area contributed by atoms with Crippen molar-refractivity contribution in [3.8, 4) is 11.5 Å². The van der Waals surface area contributed by atoms with E-state index in [1.807, 2.05) is 24.3 Å². The Morgan fingerprint density at radius 3 is 1.42 bits per heavy atom. The van der Waals surface area contributed by atoms with Gasteiger partial charge in [-0.2, -0.15) is 0 Å². The summed E-state index contributed by atoms with van der Waals surface area (Å²) < 4.78 is 0. The van der Waals surface area contributed by atoms with Gasteiger partial charge in [-0.15, -0.1) is 0 Å². The first-order valence-electron chi connectivity index (χ1n) is 6.11. The van der Waals surface area contributed by atoms with Crippen LogP contribution in [0, 0.1) is 0 Å². The second-order valence-corrected chi connectivity index (χ2v) is 4.28. The van der Waals surface area contributed by atoms with E-state index in [4.69, 9.17) is 10.5 Å². The first kappa shape index (κ1) is 13.4. The molecule has 0 atom stereocenters. The van der Waals surface area contributed by atoms with E-state index < -0.39 is 0 Å². The highest BCUT2D eigenvalue weighted by atomic mass is 17.1. The predicted octanol–water partition coefficient (Wildman–Crippen LogP) is 3.93. The summed E-state index contributed by atoms with van der Waals surface area (Å²) in [5.74, 6) is 1.09. The Labute approximate surface area is 111 Å². The molecule has 0 saturated carbocycles. The van der Waals surface area contributed by atoms with Crippen LogP contribution < -0.4 is 9.78 Å². The Morgan fingerprint density at radius 1 is 0.789 bits per heavy atom. The molecule has 0 aliphatic heterocycles. The van der Waals surface area contributed by atoms with E-state index in [9.17, 15) is 0 Å². The third-order valence-electron chi connectivity index (χ3n) is 3.18. The van der Waals surface area contributed by atoms with Gasteiger partial charge >= 0.3 is 0 Å². The minimum atomic E-state index is 0.250. The van der Waals surface area contributed by atoms with Crippen molar-refractivity contribution in [2.45, 2.75) is 19.3 Å². The fourth-order valence-electron chi connectivity index (χ4n) is 2.19. The molecule has 4 heteroatoms. The van der Waals surface area contributed by atoms with Crippen LogP contribution in [0.3, 0.4) is 0 Å². The van der Waals surface area contributed by atoms with Crippen LogP contribution in [0.2, 0.25) is 0 Å². The Morgan fingerprint density at radius 2 is 1.16 bits per heavy atom. The second-order valence-electron chi connectivity index (χ2n) is 4.28. The van der Waals surface area contributed by atoms with Crippen molar-refractivity contribution in [1.82, 2.24) is 0 Å². The van der Waals surface area contributed by atoms with Crippen molar-refractivity contribution in [2.24, 2.45) is 0 Å². The molecule has 0 aromatic heterocycles. The van der Waals surface area contributed by atoms with Crippen LogP contribution in [0.4, 0.5) is 0 Å². The smallest absolute Gasteiger partial charge is 0.165 e. The van der Waals surface area contributed by atoms with Crippen LogP contribution in [0.25, 0.3) is 0 Å². The molecule has 2 aromatic rings. The predicted molar refractivity (Wildman–Crippen MR) is 71.5 cm³/mol. The number of hydrogen-bond acceptors (Lipinski definition) is 4. The molecule has 0 fully saturated rings. The molecule has 0 radical (unpaired) electrons. The molecule has 4 nitrogen and oxygen atoms in total. The molecule has 2 N–H and O–H groups in total. The highest BCUT2D eigenvalue weighted by Crippen LogP contribution is 2.30. The Hall–Kier alpha value is -2.04. The van der Waals surface area contributed by atoms with Crippen LogP contribution >= 0.6 is 0 Å². The molecular weight excluding hydrogens is 244 g/mol. The summed E-state index contributed by atoms with van der Waals surface area (Å²) in [6.45, 7) is 2.11. The van der Waals surface area contributed by atoms with Gasteiger partial charge in [-0.1, -0.05) is 31.2 Å². The van der Waals surface area contributed by atoms with E-state index in [0.29, 0.717) is 11.5 Å². The molecule has 0 heterocycles. The fourth-order valence-corrected chi connectivity index (χ4v) is 2.19. The maximum Gasteiger partial charge on any atom is 0.165 e. The van der Waals surface area contributed by atoms with Crippen molar-refractivity contribution in [3.05, 3.63) is 59.7 Å². The van der Waals surface area contributed by atoms with Gasteiger partial charge in [-0.3, -0.25) is 0 Å². The summed E-state index contributed by atoms with van der Waals surface area (Å²) in [5, 5.41) is 17.1. The Kier molecular flexibility index (Phi) is 4.39. The van der Waals surface area contributed by atoms with Crippen molar-refractivity contribution >= 4 is 0 Å².